The topological polar surface area (TPSA) is 6.48 Å². The molecule has 2 saturated heterocycles. The molecule has 2 heterocycles. The van der Waals surface area contributed by atoms with Crippen LogP contribution < -0.4 is 0 Å². The van der Waals surface area contributed by atoms with Crippen molar-refractivity contribution in [2.75, 3.05) is 33.2 Å². The minimum atomic E-state index is 0.691. The third kappa shape index (κ3) is 3.08. The fraction of sp³-hybridized carbons (Fsp3) is 0.857. The molecule has 2 nitrogen and oxygen atoms in total. The summed E-state index contributed by atoms with van der Waals surface area (Å²) in [5.41, 5.74) is 0.691. The normalized spacial score (nSPS) is 25.8. The summed E-state index contributed by atoms with van der Waals surface area (Å²) in [4.78, 5) is 5.13. The monoisotopic (exact) mass is 224 g/mol. The Hall–Kier alpha value is -0.340. The number of rotatable bonds is 1. The zero-order chi connectivity index (χ0) is 12.2. The van der Waals surface area contributed by atoms with Crippen molar-refractivity contribution < 1.29 is 0 Å². The zero-order valence-corrected chi connectivity index (χ0v) is 11.3. The first-order valence-corrected chi connectivity index (χ1v) is 6.54. The Morgan fingerprint density at radius 1 is 1.00 bits per heavy atom. The van der Waals surface area contributed by atoms with Crippen LogP contribution in [0.15, 0.2) is 13.2 Å². The first kappa shape index (κ1) is 13.7. The third-order valence-electron chi connectivity index (χ3n) is 4.25. The van der Waals surface area contributed by atoms with Crippen molar-refractivity contribution in [3.8, 4) is 0 Å². The molecule has 2 rings (SSSR count). The van der Waals surface area contributed by atoms with Gasteiger partial charge in [-0.2, -0.15) is 0 Å². The Labute approximate surface area is 101 Å². The van der Waals surface area contributed by atoms with E-state index in [1.807, 2.05) is 0 Å². The summed E-state index contributed by atoms with van der Waals surface area (Å²) in [7, 11) is 2.25. The van der Waals surface area contributed by atoms with E-state index in [1.165, 1.54) is 45.4 Å². The number of nitrogens with zero attached hydrogens (tertiary/aromatic N) is 2. The summed E-state index contributed by atoms with van der Waals surface area (Å²) < 4.78 is 0. The highest BCUT2D eigenvalue weighted by atomic mass is 15.2. The molecule has 2 aliphatic rings. The second-order valence-electron chi connectivity index (χ2n) is 5.62. The standard InChI is InChI=1S/C12H24N2.C2H4/c1-11(2)14-9-6-12(10-14)4-7-13(3)8-5-12;1-2/h11H,4-10H2,1-3H3;1-2H2. The molecule has 0 aromatic rings. The molecule has 0 radical (unpaired) electrons. The molecule has 0 atom stereocenters. The molecule has 0 saturated carbocycles. The van der Waals surface area contributed by atoms with E-state index in [0.717, 1.165) is 6.04 Å². The molecule has 0 amide bonds. The fourth-order valence-corrected chi connectivity index (χ4v) is 2.91. The largest absolute Gasteiger partial charge is 0.306 e. The van der Waals surface area contributed by atoms with Gasteiger partial charge in [-0.3, -0.25) is 0 Å². The van der Waals surface area contributed by atoms with Crippen LogP contribution in [0.2, 0.25) is 0 Å². The van der Waals surface area contributed by atoms with E-state index in [4.69, 9.17) is 0 Å². The molecule has 2 fully saturated rings. The van der Waals surface area contributed by atoms with E-state index in [-0.39, 0.29) is 0 Å². The van der Waals surface area contributed by atoms with Crippen LogP contribution in [0.1, 0.15) is 33.1 Å². The molecule has 0 N–H and O–H groups in total. The Balaban J connectivity index is 0.000000606. The summed E-state index contributed by atoms with van der Waals surface area (Å²) in [5, 5.41) is 0. The number of hydrogen-bond donors (Lipinski definition) is 0. The molecule has 16 heavy (non-hydrogen) atoms. The van der Waals surface area contributed by atoms with E-state index in [0.29, 0.717) is 5.41 Å². The number of piperidine rings is 1. The Morgan fingerprint density at radius 2 is 1.50 bits per heavy atom. The highest BCUT2D eigenvalue weighted by Crippen LogP contribution is 2.40. The highest BCUT2D eigenvalue weighted by Gasteiger charge is 2.40. The maximum atomic E-state index is 3.00. The molecular weight excluding hydrogens is 196 g/mol. The van der Waals surface area contributed by atoms with Gasteiger partial charge in [0.15, 0.2) is 0 Å². The quantitative estimate of drug-likeness (QED) is 0.632. The average molecular weight is 224 g/mol. The molecule has 2 heteroatoms. The van der Waals surface area contributed by atoms with Crippen molar-refractivity contribution in [1.29, 1.82) is 0 Å². The second-order valence-corrected chi connectivity index (χ2v) is 5.62. The van der Waals surface area contributed by atoms with Crippen molar-refractivity contribution >= 4 is 0 Å². The average Bonchev–Trinajstić information content (AvgIpc) is 2.71. The summed E-state index contributed by atoms with van der Waals surface area (Å²) in [6, 6.07) is 0.744. The van der Waals surface area contributed by atoms with Gasteiger partial charge in [-0.1, -0.05) is 0 Å². The lowest BCUT2D eigenvalue weighted by Gasteiger charge is -2.38. The lowest BCUT2D eigenvalue weighted by molar-refractivity contribution is 0.120. The van der Waals surface area contributed by atoms with E-state index in [9.17, 15) is 0 Å². The number of hydrogen-bond acceptors (Lipinski definition) is 2. The molecule has 94 valence electrons. The first-order chi connectivity index (χ1) is 7.61. The summed E-state index contributed by atoms with van der Waals surface area (Å²) in [6.07, 6.45) is 4.29. The fourth-order valence-electron chi connectivity index (χ4n) is 2.91. The summed E-state index contributed by atoms with van der Waals surface area (Å²) >= 11 is 0. The summed E-state index contributed by atoms with van der Waals surface area (Å²) in [6.45, 7) is 16.0. The van der Waals surface area contributed by atoms with E-state index in [1.54, 1.807) is 0 Å². The lowest BCUT2D eigenvalue weighted by Crippen LogP contribution is -2.40. The Morgan fingerprint density at radius 3 is 1.94 bits per heavy atom. The van der Waals surface area contributed by atoms with Gasteiger partial charge in [-0.05, 0) is 65.2 Å². The Bertz CT molecular complexity index is 205. The third-order valence-corrected chi connectivity index (χ3v) is 4.25. The van der Waals surface area contributed by atoms with Gasteiger partial charge in [0.25, 0.3) is 0 Å². The molecule has 1 spiro atoms. The van der Waals surface area contributed by atoms with Crippen molar-refractivity contribution in [2.45, 2.75) is 39.2 Å². The smallest absolute Gasteiger partial charge is 0.00421 e. The van der Waals surface area contributed by atoms with Crippen LogP contribution in [0.25, 0.3) is 0 Å². The van der Waals surface area contributed by atoms with Crippen LogP contribution >= 0.6 is 0 Å². The van der Waals surface area contributed by atoms with Gasteiger partial charge in [-0.15, -0.1) is 13.2 Å². The Kier molecular flexibility index (Phi) is 5.00. The van der Waals surface area contributed by atoms with Crippen LogP contribution in [0.3, 0.4) is 0 Å². The minimum Gasteiger partial charge on any atom is -0.306 e. The van der Waals surface area contributed by atoms with Gasteiger partial charge in [0, 0.05) is 12.6 Å². The van der Waals surface area contributed by atoms with Crippen LogP contribution in [-0.2, 0) is 0 Å². The van der Waals surface area contributed by atoms with Crippen molar-refractivity contribution in [3.63, 3.8) is 0 Å². The van der Waals surface area contributed by atoms with Gasteiger partial charge in [0.2, 0.25) is 0 Å². The maximum Gasteiger partial charge on any atom is 0.00421 e. The summed E-state index contributed by atoms with van der Waals surface area (Å²) in [5.74, 6) is 0. The second kappa shape index (κ2) is 5.83. The number of likely N-dealkylation sites (tertiary alicyclic amines) is 2. The molecule has 2 aliphatic heterocycles. The van der Waals surface area contributed by atoms with E-state index >= 15 is 0 Å². The van der Waals surface area contributed by atoms with Crippen LogP contribution in [0, 0.1) is 5.41 Å². The molecule has 0 bridgehead atoms. The molecule has 0 aliphatic carbocycles. The van der Waals surface area contributed by atoms with E-state index in [2.05, 4.69) is 43.9 Å². The van der Waals surface area contributed by atoms with Crippen LogP contribution in [0.4, 0.5) is 0 Å². The molecule has 0 unspecified atom stereocenters. The van der Waals surface area contributed by atoms with Crippen molar-refractivity contribution in [1.82, 2.24) is 9.80 Å². The predicted molar refractivity (Wildman–Crippen MR) is 71.7 cm³/mol. The molecular formula is C14H28N2. The van der Waals surface area contributed by atoms with Crippen LogP contribution in [0.5, 0.6) is 0 Å². The lowest BCUT2D eigenvalue weighted by atomic mass is 9.78. The van der Waals surface area contributed by atoms with Crippen LogP contribution in [-0.4, -0.2) is 49.1 Å². The van der Waals surface area contributed by atoms with Gasteiger partial charge < -0.3 is 9.80 Å². The van der Waals surface area contributed by atoms with Gasteiger partial charge in [-0.25, -0.2) is 0 Å². The van der Waals surface area contributed by atoms with Gasteiger partial charge in [0.05, 0.1) is 0 Å². The van der Waals surface area contributed by atoms with Crippen molar-refractivity contribution in [2.24, 2.45) is 5.41 Å². The van der Waals surface area contributed by atoms with Crippen molar-refractivity contribution in [3.05, 3.63) is 13.2 Å². The molecule has 0 aromatic heterocycles. The predicted octanol–water partition coefficient (Wildman–Crippen LogP) is 2.61. The highest BCUT2D eigenvalue weighted by molar-refractivity contribution is 4.94. The molecule has 0 aromatic carbocycles. The minimum absolute atomic E-state index is 0.691. The van der Waals surface area contributed by atoms with Gasteiger partial charge in [0.1, 0.15) is 0 Å². The zero-order valence-electron chi connectivity index (χ0n) is 11.3. The first-order valence-electron chi connectivity index (χ1n) is 6.54. The van der Waals surface area contributed by atoms with E-state index < -0.39 is 0 Å². The van der Waals surface area contributed by atoms with Gasteiger partial charge >= 0.3 is 0 Å². The maximum absolute atomic E-state index is 3.00. The SMILES string of the molecule is C=C.CC(C)N1CCC2(CCN(C)CC2)C1.